The van der Waals surface area contributed by atoms with E-state index in [-0.39, 0.29) is 17.6 Å². The van der Waals surface area contributed by atoms with Crippen LogP contribution in [0.1, 0.15) is 44.8 Å². The van der Waals surface area contributed by atoms with Crippen molar-refractivity contribution in [2.45, 2.75) is 51.7 Å². The van der Waals surface area contributed by atoms with E-state index in [0.717, 1.165) is 24.5 Å². The van der Waals surface area contributed by atoms with Crippen LogP contribution in [-0.4, -0.2) is 23.0 Å². The van der Waals surface area contributed by atoms with Crippen LogP contribution in [0, 0.1) is 6.92 Å². The largest absolute Gasteiger partial charge is 0.465 e. The van der Waals surface area contributed by atoms with E-state index in [1.165, 1.54) is 0 Å². The zero-order valence-corrected chi connectivity index (χ0v) is 10.7. The predicted molar refractivity (Wildman–Crippen MR) is 65.2 cm³/mol. The van der Waals surface area contributed by atoms with Gasteiger partial charge in [-0.25, -0.2) is 0 Å². The summed E-state index contributed by atoms with van der Waals surface area (Å²) in [7, 11) is 0. The third-order valence-electron chi connectivity index (χ3n) is 3.36. The monoisotopic (exact) mass is 222 g/mol. The van der Waals surface area contributed by atoms with E-state index < -0.39 is 0 Å². The molecule has 1 aliphatic rings. The maximum atomic E-state index is 6.21. The first-order chi connectivity index (χ1) is 7.39. The molecule has 1 aromatic heterocycles. The van der Waals surface area contributed by atoms with Crippen molar-refractivity contribution in [1.82, 2.24) is 4.90 Å². The molecule has 2 atom stereocenters. The van der Waals surface area contributed by atoms with Crippen LogP contribution in [0.2, 0.25) is 0 Å². The van der Waals surface area contributed by atoms with E-state index in [4.69, 9.17) is 10.2 Å². The van der Waals surface area contributed by atoms with Crippen molar-refractivity contribution >= 4 is 0 Å². The molecular formula is C13H22N2O. The van der Waals surface area contributed by atoms with Gasteiger partial charge in [0.2, 0.25) is 0 Å². The molecule has 1 aromatic rings. The van der Waals surface area contributed by atoms with Gasteiger partial charge in [0.25, 0.3) is 0 Å². The summed E-state index contributed by atoms with van der Waals surface area (Å²) in [6.45, 7) is 9.72. The Morgan fingerprint density at radius 1 is 1.38 bits per heavy atom. The molecule has 2 unspecified atom stereocenters. The molecule has 0 saturated carbocycles. The maximum Gasteiger partial charge on any atom is 0.122 e. The summed E-state index contributed by atoms with van der Waals surface area (Å²) in [5.41, 5.74) is 6.34. The first kappa shape index (κ1) is 11.7. The first-order valence-corrected chi connectivity index (χ1v) is 5.98. The van der Waals surface area contributed by atoms with Crippen molar-refractivity contribution in [2.24, 2.45) is 5.73 Å². The molecule has 1 saturated heterocycles. The van der Waals surface area contributed by atoms with Crippen molar-refractivity contribution in [3.8, 4) is 0 Å². The molecule has 2 heterocycles. The van der Waals surface area contributed by atoms with Crippen LogP contribution >= 0.6 is 0 Å². The molecule has 0 aliphatic carbocycles. The number of hydrogen-bond acceptors (Lipinski definition) is 3. The van der Waals surface area contributed by atoms with Crippen LogP contribution in [0.4, 0.5) is 0 Å². The van der Waals surface area contributed by atoms with Gasteiger partial charge in [-0.05, 0) is 46.2 Å². The molecule has 0 aromatic carbocycles. The molecule has 2 N–H and O–H groups in total. The fraction of sp³-hybridized carbons (Fsp3) is 0.692. The van der Waals surface area contributed by atoms with Gasteiger partial charge in [-0.1, -0.05) is 0 Å². The van der Waals surface area contributed by atoms with E-state index in [1.54, 1.807) is 0 Å². The Morgan fingerprint density at radius 2 is 2.06 bits per heavy atom. The van der Waals surface area contributed by atoms with Crippen LogP contribution < -0.4 is 5.73 Å². The van der Waals surface area contributed by atoms with Crippen molar-refractivity contribution in [3.05, 3.63) is 23.7 Å². The van der Waals surface area contributed by atoms with Gasteiger partial charge >= 0.3 is 0 Å². The Bertz CT molecular complexity index is 364. The van der Waals surface area contributed by atoms with Gasteiger partial charge in [0.05, 0.1) is 6.04 Å². The minimum Gasteiger partial charge on any atom is -0.465 e. The molecule has 16 heavy (non-hydrogen) atoms. The van der Waals surface area contributed by atoms with E-state index in [9.17, 15) is 0 Å². The van der Waals surface area contributed by atoms with Gasteiger partial charge in [0.1, 0.15) is 11.5 Å². The number of rotatable bonds is 1. The van der Waals surface area contributed by atoms with Crippen LogP contribution in [-0.2, 0) is 0 Å². The average Bonchev–Trinajstić information content (AvgIpc) is 2.70. The summed E-state index contributed by atoms with van der Waals surface area (Å²) < 4.78 is 5.74. The zero-order chi connectivity index (χ0) is 11.9. The zero-order valence-electron chi connectivity index (χ0n) is 10.7. The second kappa shape index (κ2) is 3.90. The molecule has 0 bridgehead atoms. The van der Waals surface area contributed by atoms with Crippen molar-refractivity contribution in [2.75, 3.05) is 6.54 Å². The SMILES string of the molecule is Cc1ccc(C2C(N)CCN2C(C)(C)C)o1. The first-order valence-electron chi connectivity index (χ1n) is 5.98. The van der Waals surface area contributed by atoms with Crippen LogP contribution in [0.15, 0.2) is 16.5 Å². The van der Waals surface area contributed by atoms with Crippen molar-refractivity contribution in [1.29, 1.82) is 0 Å². The molecular weight excluding hydrogens is 200 g/mol. The van der Waals surface area contributed by atoms with Gasteiger partial charge in [-0.3, -0.25) is 4.90 Å². The molecule has 90 valence electrons. The highest BCUT2D eigenvalue weighted by Gasteiger charge is 2.40. The van der Waals surface area contributed by atoms with Crippen LogP contribution in [0.5, 0.6) is 0 Å². The smallest absolute Gasteiger partial charge is 0.122 e. The fourth-order valence-corrected chi connectivity index (χ4v) is 2.55. The minimum atomic E-state index is 0.138. The molecule has 1 aliphatic heterocycles. The number of nitrogens with zero attached hydrogens (tertiary/aromatic N) is 1. The lowest BCUT2D eigenvalue weighted by atomic mass is 10.0. The Hall–Kier alpha value is -0.800. The van der Waals surface area contributed by atoms with Gasteiger partial charge in [0, 0.05) is 18.1 Å². The van der Waals surface area contributed by atoms with Gasteiger partial charge in [0.15, 0.2) is 0 Å². The molecule has 3 nitrogen and oxygen atoms in total. The van der Waals surface area contributed by atoms with Gasteiger partial charge < -0.3 is 10.2 Å². The highest BCUT2D eigenvalue weighted by Crippen LogP contribution is 2.37. The van der Waals surface area contributed by atoms with Crippen molar-refractivity contribution < 1.29 is 4.42 Å². The average molecular weight is 222 g/mol. The summed E-state index contributed by atoms with van der Waals surface area (Å²) in [5, 5.41) is 0. The summed E-state index contributed by atoms with van der Waals surface area (Å²) >= 11 is 0. The van der Waals surface area contributed by atoms with Crippen molar-refractivity contribution in [3.63, 3.8) is 0 Å². The second-order valence-corrected chi connectivity index (χ2v) is 5.71. The predicted octanol–water partition coefficient (Wildman–Crippen LogP) is 2.46. The minimum absolute atomic E-state index is 0.138. The summed E-state index contributed by atoms with van der Waals surface area (Å²) in [6, 6.07) is 4.49. The van der Waals surface area contributed by atoms with Crippen LogP contribution in [0.25, 0.3) is 0 Å². The van der Waals surface area contributed by atoms with E-state index in [0.29, 0.717) is 0 Å². The third-order valence-corrected chi connectivity index (χ3v) is 3.36. The second-order valence-electron chi connectivity index (χ2n) is 5.71. The summed E-state index contributed by atoms with van der Waals surface area (Å²) in [4.78, 5) is 2.44. The quantitative estimate of drug-likeness (QED) is 0.793. The standard InChI is InChI=1S/C13H22N2O/c1-9-5-6-11(16-9)12-10(14)7-8-15(12)13(2,3)4/h5-6,10,12H,7-8,14H2,1-4H3. The lowest BCUT2D eigenvalue weighted by Gasteiger charge is -2.36. The Labute approximate surface area is 97.6 Å². The van der Waals surface area contributed by atoms with Crippen LogP contribution in [0.3, 0.4) is 0 Å². The topological polar surface area (TPSA) is 42.4 Å². The number of hydrogen-bond donors (Lipinski definition) is 1. The Balaban J connectivity index is 2.29. The molecule has 0 amide bonds. The van der Waals surface area contributed by atoms with E-state index >= 15 is 0 Å². The van der Waals surface area contributed by atoms with Gasteiger partial charge in [-0.2, -0.15) is 0 Å². The van der Waals surface area contributed by atoms with E-state index in [2.05, 4.69) is 31.7 Å². The number of furan rings is 1. The summed E-state index contributed by atoms with van der Waals surface area (Å²) in [6.07, 6.45) is 1.04. The number of aryl methyl sites for hydroxylation is 1. The molecule has 2 rings (SSSR count). The third kappa shape index (κ3) is 2.02. The summed E-state index contributed by atoms with van der Waals surface area (Å²) in [5.74, 6) is 1.97. The lowest BCUT2D eigenvalue weighted by molar-refractivity contribution is 0.103. The molecule has 0 spiro atoms. The fourth-order valence-electron chi connectivity index (χ4n) is 2.55. The highest BCUT2D eigenvalue weighted by molar-refractivity contribution is 5.15. The van der Waals surface area contributed by atoms with Gasteiger partial charge in [-0.15, -0.1) is 0 Å². The highest BCUT2D eigenvalue weighted by atomic mass is 16.3. The molecule has 1 fully saturated rings. The molecule has 3 heteroatoms. The maximum absolute atomic E-state index is 6.21. The Morgan fingerprint density at radius 3 is 2.56 bits per heavy atom. The molecule has 0 radical (unpaired) electrons. The lowest BCUT2D eigenvalue weighted by Crippen LogP contribution is -2.43. The Kier molecular flexibility index (Phi) is 2.84. The number of likely N-dealkylation sites (tertiary alicyclic amines) is 1. The van der Waals surface area contributed by atoms with E-state index in [1.807, 2.05) is 13.0 Å². The normalized spacial score (nSPS) is 27.6. The number of nitrogens with two attached hydrogens (primary N) is 1.